The maximum absolute atomic E-state index is 11.4. The molecule has 0 aliphatic heterocycles. The number of rotatable bonds is 2. The molecule has 0 aromatic carbocycles. The Kier molecular flexibility index (Phi) is 2.12. The third-order valence-corrected chi connectivity index (χ3v) is 3.00. The minimum absolute atomic E-state index is 0.203. The predicted molar refractivity (Wildman–Crippen MR) is 46.9 cm³/mol. The first-order chi connectivity index (χ1) is 6.24. The molecule has 0 radical (unpaired) electrons. The van der Waals surface area contributed by atoms with Gasteiger partial charge in [0.25, 0.3) is 0 Å². The molecule has 1 fully saturated rings. The molecule has 0 spiro atoms. The second-order valence-electron chi connectivity index (χ2n) is 3.71. The average molecular weight is 182 g/mol. The third kappa shape index (κ3) is 1.27. The van der Waals surface area contributed by atoms with Gasteiger partial charge in [-0.1, -0.05) is 12.2 Å². The smallest absolute Gasteiger partial charge is 0.311 e. The van der Waals surface area contributed by atoms with Crippen molar-refractivity contribution in [2.45, 2.75) is 19.4 Å². The van der Waals surface area contributed by atoms with E-state index in [1.54, 1.807) is 6.92 Å². The van der Waals surface area contributed by atoms with Gasteiger partial charge >= 0.3 is 5.97 Å². The van der Waals surface area contributed by atoms with Crippen LogP contribution in [-0.2, 0) is 9.53 Å². The number of ether oxygens (including phenoxy) is 1. The van der Waals surface area contributed by atoms with Gasteiger partial charge < -0.3 is 9.84 Å². The highest BCUT2D eigenvalue weighted by Crippen LogP contribution is 2.44. The molecule has 1 N–H and O–H groups in total. The summed E-state index contributed by atoms with van der Waals surface area (Å²) in [6.07, 6.45) is 4.28. The molecule has 2 aliphatic rings. The zero-order valence-corrected chi connectivity index (χ0v) is 7.64. The van der Waals surface area contributed by atoms with Crippen molar-refractivity contribution in [1.82, 2.24) is 0 Å². The van der Waals surface area contributed by atoms with Crippen molar-refractivity contribution in [2.75, 3.05) is 6.61 Å². The lowest BCUT2D eigenvalue weighted by Gasteiger charge is -2.23. The number of aliphatic hydroxyl groups is 1. The van der Waals surface area contributed by atoms with Crippen LogP contribution in [0.1, 0.15) is 13.3 Å². The maximum Gasteiger partial charge on any atom is 0.311 e. The Morgan fingerprint density at radius 1 is 1.62 bits per heavy atom. The van der Waals surface area contributed by atoms with Crippen LogP contribution in [0.4, 0.5) is 0 Å². The highest BCUT2D eigenvalue weighted by molar-refractivity contribution is 5.74. The van der Waals surface area contributed by atoms with Gasteiger partial charge in [-0.25, -0.2) is 0 Å². The van der Waals surface area contributed by atoms with Gasteiger partial charge in [0, 0.05) is 5.92 Å². The Morgan fingerprint density at radius 3 is 2.77 bits per heavy atom. The summed E-state index contributed by atoms with van der Waals surface area (Å²) >= 11 is 0. The SMILES string of the molecule is CCOC(=O)C1CC2C=CC2C1O. The van der Waals surface area contributed by atoms with E-state index in [-0.39, 0.29) is 17.8 Å². The molecular formula is C10H14O3. The number of fused-ring (bicyclic) bond motifs is 1. The van der Waals surface area contributed by atoms with Crippen molar-refractivity contribution in [2.24, 2.45) is 17.8 Å². The summed E-state index contributed by atoms with van der Waals surface area (Å²) in [6.45, 7) is 2.18. The van der Waals surface area contributed by atoms with Gasteiger partial charge in [-0.3, -0.25) is 4.79 Å². The summed E-state index contributed by atoms with van der Waals surface area (Å²) in [7, 11) is 0. The summed E-state index contributed by atoms with van der Waals surface area (Å²) in [5.41, 5.74) is 0. The second kappa shape index (κ2) is 3.14. The van der Waals surface area contributed by atoms with Gasteiger partial charge in [-0.05, 0) is 19.3 Å². The monoisotopic (exact) mass is 182 g/mol. The van der Waals surface area contributed by atoms with Crippen molar-refractivity contribution in [3.63, 3.8) is 0 Å². The van der Waals surface area contributed by atoms with Crippen molar-refractivity contribution in [1.29, 1.82) is 0 Å². The van der Waals surface area contributed by atoms with Crippen LogP contribution in [0.3, 0.4) is 0 Å². The summed E-state index contributed by atoms with van der Waals surface area (Å²) in [5, 5.41) is 9.72. The Bertz CT molecular complexity index is 247. The Hall–Kier alpha value is -0.830. The van der Waals surface area contributed by atoms with E-state index < -0.39 is 6.10 Å². The molecule has 3 nitrogen and oxygen atoms in total. The fraction of sp³-hybridized carbons (Fsp3) is 0.700. The molecule has 0 aromatic rings. The van der Waals surface area contributed by atoms with E-state index >= 15 is 0 Å². The second-order valence-corrected chi connectivity index (χ2v) is 3.71. The summed E-state index contributed by atoms with van der Waals surface area (Å²) in [6, 6.07) is 0. The van der Waals surface area contributed by atoms with Gasteiger partial charge in [0.1, 0.15) is 0 Å². The first-order valence-electron chi connectivity index (χ1n) is 4.77. The van der Waals surface area contributed by atoms with Gasteiger partial charge in [0.15, 0.2) is 0 Å². The average Bonchev–Trinajstić information content (AvgIpc) is 2.23. The van der Waals surface area contributed by atoms with E-state index in [0.29, 0.717) is 12.5 Å². The summed E-state index contributed by atoms with van der Waals surface area (Å²) in [4.78, 5) is 11.4. The van der Waals surface area contributed by atoms with Crippen LogP contribution in [0.25, 0.3) is 0 Å². The highest BCUT2D eigenvalue weighted by atomic mass is 16.5. The minimum Gasteiger partial charge on any atom is -0.466 e. The minimum atomic E-state index is -0.519. The van der Waals surface area contributed by atoms with E-state index in [2.05, 4.69) is 6.08 Å². The van der Waals surface area contributed by atoms with Crippen molar-refractivity contribution < 1.29 is 14.6 Å². The van der Waals surface area contributed by atoms with Crippen LogP contribution in [0.15, 0.2) is 12.2 Å². The van der Waals surface area contributed by atoms with E-state index in [9.17, 15) is 9.90 Å². The van der Waals surface area contributed by atoms with Gasteiger partial charge in [-0.15, -0.1) is 0 Å². The fourth-order valence-electron chi connectivity index (χ4n) is 2.19. The number of aliphatic hydroxyl groups excluding tert-OH is 1. The van der Waals surface area contributed by atoms with Crippen molar-refractivity contribution in [3.05, 3.63) is 12.2 Å². The lowest BCUT2D eigenvalue weighted by molar-refractivity contribution is -0.151. The number of allylic oxidation sites excluding steroid dienone is 1. The van der Waals surface area contributed by atoms with Crippen LogP contribution in [-0.4, -0.2) is 23.8 Å². The Balaban J connectivity index is 1.99. The van der Waals surface area contributed by atoms with E-state index in [4.69, 9.17) is 4.74 Å². The van der Waals surface area contributed by atoms with E-state index in [1.165, 1.54) is 0 Å². The molecule has 4 atom stereocenters. The van der Waals surface area contributed by atoms with Crippen LogP contribution < -0.4 is 0 Å². The van der Waals surface area contributed by atoms with Crippen molar-refractivity contribution in [3.8, 4) is 0 Å². The van der Waals surface area contributed by atoms with Gasteiger partial charge in [0.05, 0.1) is 18.6 Å². The lowest BCUT2D eigenvalue weighted by Crippen LogP contribution is -2.29. The number of hydrogen-bond acceptors (Lipinski definition) is 3. The van der Waals surface area contributed by atoms with Gasteiger partial charge in [0.2, 0.25) is 0 Å². The number of carbonyl (C=O) groups is 1. The molecule has 1 saturated carbocycles. The highest BCUT2D eigenvalue weighted by Gasteiger charge is 2.47. The largest absolute Gasteiger partial charge is 0.466 e. The Morgan fingerprint density at radius 2 is 2.38 bits per heavy atom. The molecule has 4 unspecified atom stereocenters. The van der Waals surface area contributed by atoms with Crippen LogP contribution in [0, 0.1) is 17.8 Å². The fourth-order valence-corrected chi connectivity index (χ4v) is 2.19. The van der Waals surface area contributed by atoms with Crippen LogP contribution >= 0.6 is 0 Å². The quantitative estimate of drug-likeness (QED) is 0.506. The zero-order valence-electron chi connectivity index (χ0n) is 7.64. The molecular weight excluding hydrogens is 168 g/mol. The van der Waals surface area contributed by atoms with Crippen LogP contribution in [0.2, 0.25) is 0 Å². The lowest BCUT2D eigenvalue weighted by atomic mass is 9.85. The van der Waals surface area contributed by atoms with Gasteiger partial charge in [-0.2, -0.15) is 0 Å². The molecule has 13 heavy (non-hydrogen) atoms. The normalized spacial score (nSPS) is 41.1. The summed E-state index contributed by atoms with van der Waals surface area (Å²) < 4.78 is 4.89. The first-order valence-corrected chi connectivity index (χ1v) is 4.77. The van der Waals surface area contributed by atoms with E-state index in [1.807, 2.05) is 6.08 Å². The molecule has 72 valence electrons. The molecule has 2 aliphatic carbocycles. The molecule has 0 aromatic heterocycles. The molecule has 0 saturated heterocycles. The standard InChI is InChI=1S/C10H14O3/c1-2-13-10(12)8-5-6-3-4-7(6)9(8)11/h3-4,6-9,11H,2,5H2,1H3. The zero-order chi connectivity index (χ0) is 9.42. The molecule has 0 bridgehead atoms. The third-order valence-electron chi connectivity index (χ3n) is 3.00. The van der Waals surface area contributed by atoms with Crippen LogP contribution in [0.5, 0.6) is 0 Å². The molecule has 0 amide bonds. The molecule has 2 rings (SSSR count). The van der Waals surface area contributed by atoms with Crippen molar-refractivity contribution >= 4 is 5.97 Å². The summed E-state index contributed by atoms with van der Waals surface area (Å²) in [5.74, 6) is 0.0648. The number of hydrogen-bond donors (Lipinski definition) is 1. The maximum atomic E-state index is 11.4. The first kappa shape index (κ1) is 8.75. The number of carbonyl (C=O) groups excluding carboxylic acids is 1. The van der Waals surface area contributed by atoms with E-state index in [0.717, 1.165) is 6.42 Å². The molecule has 3 heteroatoms. The molecule has 0 heterocycles. The predicted octanol–water partition coefficient (Wildman–Crippen LogP) is 0.732. The number of esters is 1. The topological polar surface area (TPSA) is 46.5 Å². The Labute approximate surface area is 77.4 Å².